The zero-order chi connectivity index (χ0) is 19.4. The number of hydrogen-bond donors (Lipinski definition) is 0. The highest BCUT2D eigenvalue weighted by Gasteiger charge is 2.28. The average Bonchev–Trinajstić information content (AvgIpc) is 2.60. The largest absolute Gasteiger partial charge is 0.458 e. The maximum Gasteiger partial charge on any atom is 0.317 e. The minimum atomic E-state index is -2.57. The van der Waals surface area contributed by atoms with Gasteiger partial charge in [-0.05, 0) is 44.9 Å². The first-order chi connectivity index (χ1) is 12.9. The normalized spacial score (nSPS) is 17.2. The third-order valence-corrected chi connectivity index (χ3v) is 5.02. The summed E-state index contributed by atoms with van der Waals surface area (Å²) in [5.74, 6) is -2.83. The number of alkyl halides is 2. The van der Waals surface area contributed by atoms with Crippen LogP contribution in [0.4, 0.5) is 8.78 Å². The van der Waals surface area contributed by atoms with Crippen molar-refractivity contribution in [1.29, 1.82) is 0 Å². The molecule has 8 heteroatoms. The highest BCUT2D eigenvalue weighted by molar-refractivity contribution is 7.99. The van der Waals surface area contributed by atoms with Crippen molar-refractivity contribution in [2.75, 3.05) is 13.1 Å². The molecule has 1 aliphatic heterocycles. The van der Waals surface area contributed by atoms with E-state index in [-0.39, 0.29) is 16.9 Å². The van der Waals surface area contributed by atoms with E-state index < -0.39 is 5.76 Å². The molecule has 3 rings (SSSR count). The number of amides is 1. The number of hydrogen-bond acceptors (Lipinski definition) is 5. The standard InChI is InChI=1S/C19H21F2N3O2S/c1-12-10-13(2)23-19(22-12)26-14-6-5-9-24(11-14)17(25)15-7-3-4-8-16(15)27-18(20)21/h3-4,7-8,10,14,18H,5-6,9,11H2,1-2H3. The van der Waals surface area contributed by atoms with Crippen molar-refractivity contribution < 1.29 is 18.3 Å². The van der Waals surface area contributed by atoms with Crippen LogP contribution in [0.15, 0.2) is 35.2 Å². The fraction of sp³-hybridized carbons (Fsp3) is 0.421. The molecular formula is C19H21F2N3O2S. The van der Waals surface area contributed by atoms with Crippen molar-refractivity contribution in [3.63, 3.8) is 0 Å². The number of benzene rings is 1. The van der Waals surface area contributed by atoms with E-state index >= 15 is 0 Å². The summed E-state index contributed by atoms with van der Waals surface area (Å²) in [5.41, 5.74) is 1.93. The van der Waals surface area contributed by atoms with E-state index in [2.05, 4.69) is 9.97 Å². The third-order valence-electron chi connectivity index (χ3n) is 4.23. The zero-order valence-corrected chi connectivity index (χ0v) is 16.0. The maximum atomic E-state index is 12.9. The second-order valence-corrected chi connectivity index (χ2v) is 7.47. The second-order valence-electron chi connectivity index (χ2n) is 6.44. The Morgan fingerprint density at radius 2 is 1.96 bits per heavy atom. The Morgan fingerprint density at radius 1 is 1.26 bits per heavy atom. The van der Waals surface area contributed by atoms with Gasteiger partial charge < -0.3 is 9.64 Å². The van der Waals surface area contributed by atoms with Gasteiger partial charge >= 0.3 is 6.01 Å². The van der Waals surface area contributed by atoms with Gasteiger partial charge in [-0.15, -0.1) is 0 Å². The van der Waals surface area contributed by atoms with Crippen LogP contribution in [0.25, 0.3) is 0 Å². The molecule has 1 atom stereocenters. The van der Waals surface area contributed by atoms with E-state index in [1.54, 1.807) is 29.2 Å². The van der Waals surface area contributed by atoms with Crippen LogP contribution in [-0.2, 0) is 0 Å². The van der Waals surface area contributed by atoms with Crippen molar-refractivity contribution in [3.8, 4) is 6.01 Å². The third kappa shape index (κ3) is 5.15. The summed E-state index contributed by atoms with van der Waals surface area (Å²) in [7, 11) is 0. The molecule has 2 aromatic rings. The first-order valence-corrected chi connectivity index (χ1v) is 9.62. The van der Waals surface area contributed by atoms with Crippen LogP contribution < -0.4 is 4.74 Å². The van der Waals surface area contributed by atoms with E-state index in [0.29, 0.717) is 36.4 Å². The van der Waals surface area contributed by atoms with Crippen molar-refractivity contribution >= 4 is 17.7 Å². The Labute approximate surface area is 161 Å². The van der Waals surface area contributed by atoms with Crippen LogP contribution >= 0.6 is 11.8 Å². The number of likely N-dealkylation sites (tertiary alicyclic amines) is 1. The number of aromatic nitrogens is 2. The lowest BCUT2D eigenvalue weighted by atomic mass is 10.1. The Morgan fingerprint density at radius 3 is 2.67 bits per heavy atom. The number of halogens is 2. The molecule has 1 aliphatic rings. The summed E-state index contributed by atoms with van der Waals surface area (Å²) >= 11 is 0.392. The van der Waals surface area contributed by atoms with Crippen LogP contribution in [0.3, 0.4) is 0 Å². The van der Waals surface area contributed by atoms with Crippen LogP contribution in [0, 0.1) is 13.8 Å². The molecule has 1 aromatic carbocycles. The molecule has 27 heavy (non-hydrogen) atoms. The topological polar surface area (TPSA) is 55.3 Å². The van der Waals surface area contributed by atoms with Gasteiger partial charge in [-0.3, -0.25) is 4.79 Å². The van der Waals surface area contributed by atoms with Crippen molar-refractivity contribution in [2.24, 2.45) is 0 Å². The minimum Gasteiger partial charge on any atom is -0.458 e. The lowest BCUT2D eigenvalue weighted by molar-refractivity contribution is 0.0512. The van der Waals surface area contributed by atoms with Gasteiger partial charge in [0.15, 0.2) is 0 Å². The van der Waals surface area contributed by atoms with E-state index in [9.17, 15) is 13.6 Å². The van der Waals surface area contributed by atoms with Crippen molar-refractivity contribution in [1.82, 2.24) is 14.9 Å². The molecule has 1 fully saturated rings. The average molecular weight is 393 g/mol. The van der Waals surface area contributed by atoms with Crippen LogP contribution in [-0.4, -0.2) is 45.7 Å². The number of nitrogens with zero attached hydrogens (tertiary/aromatic N) is 3. The van der Waals surface area contributed by atoms with E-state index in [4.69, 9.17) is 4.74 Å². The molecular weight excluding hydrogens is 372 g/mol. The minimum absolute atomic E-state index is 0.223. The van der Waals surface area contributed by atoms with Gasteiger partial charge in [-0.2, -0.15) is 8.78 Å². The summed E-state index contributed by atoms with van der Waals surface area (Å²) in [6, 6.07) is 8.64. The number of ether oxygens (including phenoxy) is 1. The fourth-order valence-electron chi connectivity index (χ4n) is 3.13. The van der Waals surface area contributed by atoms with Crippen molar-refractivity contribution in [3.05, 3.63) is 47.3 Å². The van der Waals surface area contributed by atoms with Crippen molar-refractivity contribution in [2.45, 2.75) is 43.4 Å². The molecule has 0 aliphatic carbocycles. The van der Waals surface area contributed by atoms with Gasteiger partial charge in [-0.1, -0.05) is 23.9 Å². The van der Waals surface area contributed by atoms with Gasteiger partial charge in [0, 0.05) is 22.8 Å². The lowest BCUT2D eigenvalue weighted by Crippen LogP contribution is -2.44. The summed E-state index contributed by atoms with van der Waals surface area (Å²) in [6.07, 6.45) is 1.33. The first kappa shape index (κ1) is 19.5. The van der Waals surface area contributed by atoms with Crippen LogP contribution in [0.5, 0.6) is 6.01 Å². The van der Waals surface area contributed by atoms with Gasteiger partial charge in [0.25, 0.3) is 11.7 Å². The number of carbonyl (C=O) groups is 1. The number of carbonyl (C=O) groups excluding carboxylic acids is 1. The maximum absolute atomic E-state index is 12.9. The summed E-state index contributed by atoms with van der Waals surface area (Å²) in [5, 5.41) is 0. The van der Waals surface area contributed by atoms with E-state index in [1.165, 1.54) is 0 Å². The molecule has 2 heterocycles. The molecule has 0 bridgehead atoms. The van der Waals surface area contributed by atoms with Gasteiger partial charge in [0.2, 0.25) is 0 Å². The molecule has 1 unspecified atom stereocenters. The Balaban J connectivity index is 1.71. The van der Waals surface area contributed by atoms with Gasteiger partial charge in [0.1, 0.15) is 6.10 Å². The smallest absolute Gasteiger partial charge is 0.317 e. The molecule has 0 spiro atoms. The molecule has 1 saturated heterocycles. The molecule has 5 nitrogen and oxygen atoms in total. The van der Waals surface area contributed by atoms with Gasteiger partial charge in [-0.25, -0.2) is 9.97 Å². The molecule has 1 aromatic heterocycles. The summed E-state index contributed by atoms with van der Waals surface area (Å²) in [6.45, 7) is 4.69. The predicted octanol–water partition coefficient (Wildman–Crippen LogP) is 4.09. The quantitative estimate of drug-likeness (QED) is 0.716. The van der Waals surface area contributed by atoms with E-state index in [1.807, 2.05) is 19.9 Å². The van der Waals surface area contributed by atoms with Crippen LogP contribution in [0.1, 0.15) is 34.6 Å². The highest BCUT2D eigenvalue weighted by atomic mass is 32.2. The second kappa shape index (κ2) is 8.65. The monoisotopic (exact) mass is 393 g/mol. The predicted molar refractivity (Wildman–Crippen MR) is 99.4 cm³/mol. The molecule has 0 N–H and O–H groups in total. The Hall–Kier alpha value is -2.22. The molecule has 144 valence electrons. The number of thioether (sulfide) groups is 1. The molecule has 0 radical (unpaired) electrons. The number of aryl methyl sites for hydroxylation is 2. The highest BCUT2D eigenvalue weighted by Crippen LogP contribution is 2.30. The Kier molecular flexibility index (Phi) is 6.26. The summed E-state index contributed by atoms with van der Waals surface area (Å²) in [4.78, 5) is 23.4. The zero-order valence-electron chi connectivity index (χ0n) is 15.2. The lowest BCUT2D eigenvalue weighted by Gasteiger charge is -2.32. The Bertz CT molecular complexity index is 799. The van der Waals surface area contributed by atoms with Gasteiger partial charge in [0.05, 0.1) is 12.1 Å². The first-order valence-electron chi connectivity index (χ1n) is 8.74. The summed E-state index contributed by atoms with van der Waals surface area (Å²) < 4.78 is 31.4. The molecule has 0 saturated carbocycles. The number of piperidine rings is 1. The fourth-order valence-corrected chi connectivity index (χ4v) is 3.76. The number of rotatable bonds is 5. The SMILES string of the molecule is Cc1cc(C)nc(OC2CCCN(C(=O)c3ccccc3SC(F)F)C2)n1. The van der Waals surface area contributed by atoms with E-state index in [0.717, 1.165) is 24.2 Å². The molecule has 1 amide bonds. The van der Waals surface area contributed by atoms with Crippen LogP contribution in [0.2, 0.25) is 0 Å².